The van der Waals surface area contributed by atoms with E-state index in [4.69, 9.17) is 22.4 Å². The lowest BCUT2D eigenvalue weighted by Gasteiger charge is -2.29. The fourth-order valence-electron chi connectivity index (χ4n) is 4.33. The number of hydrogen-bond donors (Lipinski definition) is 3. The molecule has 10 nitrogen and oxygen atoms in total. The van der Waals surface area contributed by atoms with Gasteiger partial charge in [-0.25, -0.2) is 14.8 Å². The second-order valence-electron chi connectivity index (χ2n) is 8.75. The van der Waals surface area contributed by atoms with E-state index in [1.165, 1.54) is 11.1 Å². The number of primary amides is 1. The zero-order valence-corrected chi connectivity index (χ0v) is 20.1. The van der Waals surface area contributed by atoms with E-state index in [-0.39, 0.29) is 12.0 Å². The molecule has 35 heavy (non-hydrogen) atoms. The van der Waals surface area contributed by atoms with Crippen molar-refractivity contribution in [3.05, 3.63) is 65.2 Å². The van der Waals surface area contributed by atoms with Crippen LogP contribution in [0.4, 0.5) is 16.4 Å². The Morgan fingerprint density at radius 3 is 2.60 bits per heavy atom. The van der Waals surface area contributed by atoms with E-state index in [0.717, 1.165) is 5.56 Å². The number of carbonyl (C=O) groups excluding carboxylic acids is 1. The Morgan fingerprint density at radius 1 is 1.23 bits per heavy atom. The molecule has 3 heterocycles. The Kier molecular flexibility index (Phi) is 7.50. The van der Waals surface area contributed by atoms with Crippen molar-refractivity contribution in [2.45, 2.75) is 38.1 Å². The number of likely N-dealkylation sites (tertiary alicyclic amines) is 1. The Morgan fingerprint density at radius 2 is 1.94 bits per heavy atom. The highest BCUT2D eigenvalue weighted by Gasteiger charge is 2.28. The maximum Gasteiger partial charge on any atom is 0.407 e. The Labute approximate surface area is 208 Å². The van der Waals surface area contributed by atoms with Crippen LogP contribution in [0.25, 0.3) is 0 Å². The first-order valence-corrected chi connectivity index (χ1v) is 11.8. The number of hydrogen-bond acceptors (Lipinski definition) is 6. The number of nitrogens with one attached hydrogen (secondary N) is 1. The third-order valence-electron chi connectivity index (χ3n) is 6.44. The Balaban J connectivity index is 1.52. The standard InChI is InChI=1S/C24H28ClN7O3/c1-15(22(26)33)19(11-16-5-3-2-4-6-16)21-20(25)13-27-23(30-21)29-17-12-28-32(14-17)18-7-9-31(10-8-18)24(34)35/h2-6,12-15,18-19H,7-11H2,1H3,(H2,26,33)(H,34,35)(H,27,29,30). The maximum atomic E-state index is 12.1. The van der Waals surface area contributed by atoms with Crippen molar-refractivity contribution in [1.82, 2.24) is 24.6 Å². The van der Waals surface area contributed by atoms with E-state index in [1.54, 1.807) is 13.1 Å². The predicted molar refractivity (Wildman–Crippen MR) is 132 cm³/mol. The van der Waals surface area contributed by atoms with Crippen LogP contribution in [-0.2, 0) is 11.2 Å². The number of rotatable bonds is 8. The third-order valence-corrected chi connectivity index (χ3v) is 6.73. The lowest BCUT2D eigenvalue weighted by atomic mass is 9.84. The molecule has 3 aromatic rings. The molecule has 0 aliphatic carbocycles. The van der Waals surface area contributed by atoms with E-state index in [9.17, 15) is 9.59 Å². The summed E-state index contributed by atoms with van der Waals surface area (Å²) in [7, 11) is 0. The number of carboxylic acid groups (broad SMARTS) is 1. The van der Waals surface area contributed by atoms with E-state index in [1.807, 2.05) is 41.2 Å². The van der Waals surface area contributed by atoms with Crippen LogP contribution < -0.4 is 11.1 Å². The molecular formula is C24H28ClN7O3. The first kappa shape index (κ1) is 24.5. The van der Waals surface area contributed by atoms with Gasteiger partial charge in [-0.1, -0.05) is 48.9 Å². The van der Waals surface area contributed by atoms with Crippen LogP contribution >= 0.6 is 11.6 Å². The van der Waals surface area contributed by atoms with Crippen LogP contribution in [0, 0.1) is 5.92 Å². The van der Waals surface area contributed by atoms with Crippen LogP contribution in [0.1, 0.15) is 43.0 Å². The van der Waals surface area contributed by atoms with Crippen LogP contribution in [0.15, 0.2) is 48.9 Å². The molecule has 184 valence electrons. The largest absolute Gasteiger partial charge is 0.465 e. The summed E-state index contributed by atoms with van der Waals surface area (Å²) >= 11 is 6.48. The number of aromatic nitrogens is 4. The summed E-state index contributed by atoms with van der Waals surface area (Å²) in [5, 5.41) is 17.1. The molecule has 0 bridgehead atoms. The van der Waals surface area contributed by atoms with Gasteiger partial charge in [0.1, 0.15) is 0 Å². The third kappa shape index (κ3) is 5.89. The van der Waals surface area contributed by atoms with Crippen molar-refractivity contribution < 1.29 is 14.7 Å². The van der Waals surface area contributed by atoms with Gasteiger partial charge in [-0.3, -0.25) is 9.48 Å². The van der Waals surface area contributed by atoms with Crippen molar-refractivity contribution in [3.8, 4) is 0 Å². The minimum absolute atomic E-state index is 0.120. The minimum atomic E-state index is -0.891. The first-order chi connectivity index (χ1) is 16.8. The lowest BCUT2D eigenvalue weighted by Crippen LogP contribution is -2.38. The van der Waals surface area contributed by atoms with E-state index < -0.39 is 17.9 Å². The van der Waals surface area contributed by atoms with Crippen molar-refractivity contribution in [3.63, 3.8) is 0 Å². The predicted octanol–water partition coefficient (Wildman–Crippen LogP) is 3.83. The topological polar surface area (TPSA) is 139 Å². The van der Waals surface area contributed by atoms with Crippen LogP contribution in [-0.4, -0.2) is 54.8 Å². The lowest BCUT2D eigenvalue weighted by molar-refractivity contribution is -0.122. The Hall–Kier alpha value is -3.66. The molecule has 2 unspecified atom stereocenters. The highest BCUT2D eigenvalue weighted by molar-refractivity contribution is 6.31. The number of benzene rings is 1. The molecule has 1 aliphatic rings. The van der Waals surface area contributed by atoms with Crippen molar-refractivity contribution >= 4 is 35.2 Å². The summed E-state index contributed by atoms with van der Waals surface area (Å²) in [5.74, 6) is -0.910. The number of nitrogens with zero attached hydrogens (tertiary/aromatic N) is 5. The molecule has 1 aromatic carbocycles. The average Bonchev–Trinajstić information content (AvgIpc) is 3.32. The molecule has 0 radical (unpaired) electrons. The van der Waals surface area contributed by atoms with Crippen molar-refractivity contribution in [1.29, 1.82) is 0 Å². The number of piperidine rings is 1. The number of halogens is 1. The monoisotopic (exact) mass is 497 g/mol. The first-order valence-electron chi connectivity index (χ1n) is 11.5. The summed E-state index contributed by atoms with van der Waals surface area (Å²) in [6, 6.07) is 9.92. The summed E-state index contributed by atoms with van der Waals surface area (Å²) in [6.45, 7) is 2.74. The van der Waals surface area contributed by atoms with E-state index >= 15 is 0 Å². The smallest absolute Gasteiger partial charge is 0.407 e. The summed E-state index contributed by atoms with van der Waals surface area (Å²) < 4.78 is 1.84. The second kappa shape index (κ2) is 10.7. The number of anilines is 2. The molecule has 11 heteroatoms. The molecule has 0 spiro atoms. The number of nitrogens with two attached hydrogens (primary N) is 1. The molecule has 1 saturated heterocycles. The highest BCUT2D eigenvalue weighted by Crippen LogP contribution is 2.33. The van der Waals surface area contributed by atoms with Gasteiger partial charge >= 0.3 is 6.09 Å². The van der Waals surface area contributed by atoms with Gasteiger partial charge in [-0.2, -0.15) is 5.10 Å². The van der Waals surface area contributed by atoms with Crippen molar-refractivity contribution in [2.24, 2.45) is 11.7 Å². The zero-order chi connectivity index (χ0) is 24.9. The van der Waals surface area contributed by atoms with Crippen LogP contribution in [0.2, 0.25) is 5.02 Å². The summed E-state index contributed by atoms with van der Waals surface area (Å²) in [6.07, 6.45) is 6.10. The molecule has 4 N–H and O–H groups in total. The van der Waals surface area contributed by atoms with Gasteiger partial charge in [0.2, 0.25) is 11.9 Å². The summed E-state index contributed by atoms with van der Waals surface area (Å²) in [4.78, 5) is 33.6. The molecule has 2 amide bonds. The van der Waals surface area contributed by atoms with Gasteiger partial charge in [-0.05, 0) is 24.8 Å². The quantitative estimate of drug-likeness (QED) is 0.429. The zero-order valence-electron chi connectivity index (χ0n) is 19.3. The van der Waals surface area contributed by atoms with Gasteiger partial charge in [0.05, 0.1) is 34.8 Å². The van der Waals surface area contributed by atoms with Gasteiger partial charge in [0, 0.05) is 31.1 Å². The Bertz CT molecular complexity index is 1180. The molecule has 1 aliphatic heterocycles. The fraction of sp³-hybridized carbons (Fsp3) is 0.375. The molecule has 2 aromatic heterocycles. The molecule has 2 atom stereocenters. The van der Waals surface area contributed by atoms with E-state index in [0.29, 0.717) is 54.7 Å². The molecular weight excluding hydrogens is 470 g/mol. The molecule has 1 fully saturated rings. The average molecular weight is 498 g/mol. The van der Waals surface area contributed by atoms with Crippen LogP contribution in [0.3, 0.4) is 0 Å². The number of carbonyl (C=O) groups is 2. The SMILES string of the molecule is CC(C(N)=O)C(Cc1ccccc1)c1nc(Nc2cnn(C3CCN(C(=O)O)CC3)c2)ncc1Cl. The minimum Gasteiger partial charge on any atom is -0.465 e. The molecule has 4 rings (SSSR count). The highest BCUT2D eigenvalue weighted by atomic mass is 35.5. The normalized spacial score (nSPS) is 16.0. The van der Waals surface area contributed by atoms with Gasteiger partial charge in [0.25, 0.3) is 0 Å². The van der Waals surface area contributed by atoms with Gasteiger partial charge < -0.3 is 21.1 Å². The molecule has 0 saturated carbocycles. The van der Waals surface area contributed by atoms with Crippen molar-refractivity contribution in [2.75, 3.05) is 18.4 Å². The maximum absolute atomic E-state index is 12.1. The summed E-state index contributed by atoms with van der Waals surface area (Å²) in [5.41, 5.74) is 7.94. The number of amides is 2. The fourth-order valence-corrected chi connectivity index (χ4v) is 4.56. The van der Waals surface area contributed by atoms with Gasteiger partial charge in [-0.15, -0.1) is 0 Å². The van der Waals surface area contributed by atoms with E-state index in [2.05, 4.69) is 20.4 Å². The van der Waals surface area contributed by atoms with Crippen LogP contribution in [0.5, 0.6) is 0 Å². The van der Waals surface area contributed by atoms with Gasteiger partial charge in [0.15, 0.2) is 0 Å². The second-order valence-corrected chi connectivity index (χ2v) is 9.16.